The highest BCUT2D eigenvalue weighted by Crippen LogP contribution is 2.38. The van der Waals surface area contributed by atoms with Gasteiger partial charge in [0.2, 0.25) is 0 Å². The van der Waals surface area contributed by atoms with Crippen LogP contribution in [0.4, 0.5) is 13.2 Å². The van der Waals surface area contributed by atoms with Crippen LogP contribution in [0.1, 0.15) is 11.1 Å². The number of hydrogen-bond donors (Lipinski definition) is 0. The molecule has 0 atom stereocenters. The quantitative estimate of drug-likeness (QED) is 0.733. The Balaban J connectivity index is 2.62. The van der Waals surface area contributed by atoms with Gasteiger partial charge in [0.15, 0.2) is 0 Å². The van der Waals surface area contributed by atoms with Crippen LogP contribution < -0.4 is 0 Å². The number of alkyl halides is 3. The monoisotopic (exact) mass is 243 g/mol. The Labute approximate surface area is 94.6 Å². The Morgan fingerprint density at radius 1 is 1.25 bits per heavy atom. The molecule has 1 heterocycles. The average molecular weight is 243 g/mol. The lowest BCUT2D eigenvalue weighted by atomic mass is 10.0. The van der Waals surface area contributed by atoms with E-state index in [2.05, 4.69) is 4.98 Å². The summed E-state index contributed by atoms with van der Waals surface area (Å²) in [5, 5.41) is 2.06. The third-order valence-electron chi connectivity index (χ3n) is 2.14. The Morgan fingerprint density at radius 2 is 2.00 bits per heavy atom. The summed E-state index contributed by atoms with van der Waals surface area (Å²) in [7, 11) is 0. The summed E-state index contributed by atoms with van der Waals surface area (Å²) >= 11 is 1.20. The molecule has 1 aromatic heterocycles. The molecular formula is C11H8F3NS. The Hall–Kier alpha value is -1.36. The molecule has 0 spiro atoms. The van der Waals surface area contributed by atoms with Crippen molar-refractivity contribution < 1.29 is 13.2 Å². The summed E-state index contributed by atoms with van der Waals surface area (Å²) in [6.45, 7) is 1.64. The molecule has 84 valence electrons. The molecular weight excluding hydrogens is 235 g/mol. The van der Waals surface area contributed by atoms with Crippen molar-refractivity contribution in [3.05, 3.63) is 40.9 Å². The molecule has 1 aromatic carbocycles. The maximum Gasteiger partial charge on any atom is 0.417 e. The highest BCUT2D eigenvalue weighted by Gasteiger charge is 2.34. The molecule has 0 N–H and O–H groups in total. The van der Waals surface area contributed by atoms with Crippen LogP contribution in [-0.2, 0) is 6.18 Å². The van der Waals surface area contributed by atoms with Crippen LogP contribution in [0, 0.1) is 6.92 Å². The summed E-state index contributed by atoms with van der Waals surface area (Å²) < 4.78 is 38.4. The van der Waals surface area contributed by atoms with Crippen molar-refractivity contribution in [3.8, 4) is 10.6 Å². The van der Waals surface area contributed by atoms with E-state index in [1.165, 1.54) is 23.6 Å². The third kappa shape index (κ3) is 2.09. The van der Waals surface area contributed by atoms with Crippen LogP contribution in [0.25, 0.3) is 10.6 Å². The van der Waals surface area contributed by atoms with Gasteiger partial charge in [-0.15, -0.1) is 11.3 Å². The summed E-state index contributed by atoms with van der Waals surface area (Å²) in [4.78, 5) is 3.91. The summed E-state index contributed by atoms with van der Waals surface area (Å²) in [5.74, 6) is 0. The molecule has 0 radical (unpaired) electrons. The summed E-state index contributed by atoms with van der Waals surface area (Å²) in [6, 6.07) is 4.28. The zero-order valence-electron chi connectivity index (χ0n) is 8.38. The van der Waals surface area contributed by atoms with Crippen LogP contribution >= 0.6 is 11.3 Å². The molecule has 0 saturated heterocycles. The van der Waals surface area contributed by atoms with Crippen molar-refractivity contribution in [1.82, 2.24) is 4.98 Å². The number of aromatic nitrogens is 1. The van der Waals surface area contributed by atoms with Gasteiger partial charge >= 0.3 is 6.18 Å². The second-order valence-corrected chi connectivity index (χ2v) is 4.28. The predicted molar refractivity (Wildman–Crippen MR) is 57.3 cm³/mol. The van der Waals surface area contributed by atoms with E-state index in [1.807, 2.05) is 0 Å². The average Bonchev–Trinajstić information content (AvgIpc) is 2.69. The first kappa shape index (κ1) is 11.1. The molecule has 16 heavy (non-hydrogen) atoms. The Morgan fingerprint density at radius 3 is 2.56 bits per heavy atom. The van der Waals surface area contributed by atoms with Gasteiger partial charge in [0.1, 0.15) is 5.01 Å². The van der Waals surface area contributed by atoms with Gasteiger partial charge in [0, 0.05) is 17.1 Å². The number of hydrogen-bond acceptors (Lipinski definition) is 2. The van der Waals surface area contributed by atoms with Gasteiger partial charge in [0.05, 0.1) is 5.56 Å². The minimum absolute atomic E-state index is 0.146. The Bertz CT molecular complexity index is 488. The van der Waals surface area contributed by atoms with Gasteiger partial charge in [-0.3, -0.25) is 0 Å². The SMILES string of the molecule is Cc1ccc(-c2nccs2)c(C(F)(F)F)c1. The van der Waals surface area contributed by atoms with Crippen LogP contribution in [-0.4, -0.2) is 4.98 Å². The van der Waals surface area contributed by atoms with Gasteiger partial charge in [-0.1, -0.05) is 17.7 Å². The van der Waals surface area contributed by atoms with E-state index >= 15 is 0 Å². The van der Waals surface area contributed by atoms with Crippen LogP contribution in [0.15, 0.2) is 29.8 Å². The highest BCUT2D eigenvalue weighted by atomic mass is 32.1. The summed E-state index contributed by atoms with van der Waals surface area (Å²) in [6.07, 6.45) is -2.84. The predicted octanol–water partition coefficient (Wildman–Crippen LogP) is 4.14. The van der Waals surface area contributed by atoms with Gasteiger partial charge in [-0.05, 0) is 13.0 Å². The van der Waals surface area contributed by atoms with Gasteiger partial charge < -0.3 is 0 Å². The maximum atomic E-state index is 12.8. The molecule has 0 aliphatic heterocycles. The Kier molecular flexibility index (Phi) is 2.71. The van der Waals surface area contributed by atoms with E-state index in [-0.39, 0.29) is 5.56 Å². The lowest BCUT2D eigenvalue weighted by Gasteiger charge is -2.11. The smallest absolute Gasteiger partial charge is 0.245 e. The number of halogens is 3. The number of thiazole rings is 1. The molecule has 0 amide bonds. The van der Waals surface area contributed by atoms with E-state index in [9.17, 15) is 13.2 Å². The fourth-order valence-electron chi connectivity index (χ4n) is 1.44. The van der Waals surface area contributed by atoms with E-state index in [1.54, 1.807) is 18.4 Å². The zero-order chi connectivity index (χ0) is 11.8. The second kappa shape index (κ2) is 3.90. The van der Waals surface area contributed by atoms with Crippen molar-refractivity contribution in [2.75, 3.05) is 0 Å². The van der Waals surface area contributed by atoms with Crippen molar-refractivity contribution in [2.45, 2.75) is 13.1 Å². The van der Waals surface area contributed by atoms with E-state index in [0.717, 1.165) is 6.07 Å². The molecule has 0 unspecified atom stereocenters. The largest absolute Gasteiger partial charge is 0.417 e. The van der Waals surface area contributed by atoms with Gasteiger partial charge in [-0.2, -0.15) is 13.2 Å². The number of benzene rings is 1. The van der Waals surface area contributed by atoms with Crippen molar-refractivity contribution in [1.29, 1.82) is 0 Å². The first-order valence-electron chi connectivity index (χ1n) is 4.56. The van der Waals surface area contributed by atoms with E-state index in [4.69, 9.17) is 0 Å². The van der Waals surface area contributed by atoms with E-state index < -0.39 is 11.7 Å². The normalized spacial score (nSPS) is 11.8. The van der Waals surface area contributed by atoms with E-state index in [0.29, 0.717) is 10.6 Å². The molecule has 2 aromatic rings. The first-order chi connectivity index (χ1) is 7.48. The molecule has 0 aliphatic rings. The second-order valence-electron chi connectivity index (χ2n) is 3.38. The topological polar surface area (TPSA) is 12.9 Å². The number of nitrogens with zero attached hydrogens (tertiary/aromatic N) is 1. The van der Waals surface area contributed by atoms with Gasteiger partial charge in [0.25, 0.3) is 0 Å². The summed E-state index contributed by atoms with van der Waals surface area (Å²) in [5.41, 5.74) is 0.114. The molecule has 0 saturated carbocycles. The number of rotatable bonds is 1. The first-order valence-corrected chi connectivity index (χ1v) is 5.44. The lowest BCUT2D eigenvalue weighted by molar-refractivity contribution is -0.137. The van der Waals surface area contributed by atoms with Crippen molar-refractivity contribution in [3.63, 3.8) is 0 Å². The molecule has 2 rings (SSSR count). The minimum atomic E-state index is -4.34. The van der Waals surface area contributed by atoms with Crippen LogP contribution in [0.5, 0.6) is 0 Å². The van der Waals surface area contributed by atoms with Crippen LogP contribution in [0.2, 0.25) is 0 Å². The highest BCUT2D eigenvalue weighted by molar-refractivity contribution is 7.13. The molecule has 0 fully saturated rings. The molecule has 1 nitrogen and oxygen atoms in total. The maximum absolute atomic E-state index is 12.8. The molecule has 0 bridgehead atoms. The molecule has 5 heteroatoms. The third-order valence-corrected chi connectivity index (χ3v) is 2.95. The van der Waals surface area contributed by atoms with Crippen molar-refractivity contribution in [2.24, 2.45) is 0 Å². The van der Waals surface area contributed by atoms with Crippen molar-refractivity contribution >= 4 is 11.3 Å². The zero-order valence-corrected chi connectivity index (χ0v) is 9.19. The fraction of sp³-hybridized carbons (Fsp3) is 0.182. The van der Waals surface area contributed by atoms with Crippen LogP contribution in [0.3, 0.4) is 0 Å². The number of aryl methyl sites for hydroxylation is 1. The molecule has 0 aliphatic carbocycles. The fourth-order valence-corrected chi connectivity index (χ4v) is 2.11. The minimum Gasteiger partial charge on any atom is -0.245 e. The lowest BCUT2D eigenvalue weighted by Crippen LogP contribution is -2.07. The van der Waals surface area contributed by atoms with Gasteiger partial charge in [-0.25, -0.2) is 4.98 Å². The standard InChI is InChI=1S/C11H8F3NS/c1-7-2-3-8(10-15-4-5-16-10)9(6-7)11(12,13)14/h2-6H,1H3.